The zero-order valence-corrected chi connectivity index (χ0v) is 9.48. The van der Waals surface area contributed by atoms with Gasteiger partial charge >= 0.3 is 0 Å². The van der Waals surface area contributed by atoms with Gasteiger partial charge < -0.3 is 15.0 Å². The highest BCUT2D eigenvalue weighted by atomic mass is 16.5. The van der Waals surface area contributed by atoms with E-state index in [-0.39, 0.29) is 0 Å². The van der Waals surface area contributed by atoms with Crippen LogP contribution in [0.1, 0.15) is 43.8 Å². The van der Waals surface area contributed by atoms with E-state index in [9.17, 15) is 0 Å². The van der Waals surface area contributed by atoms with Crippen molar-refractivity contribution in [3.05, 3.63) is 11.7 Å². The molecule has 2 atom stereocenters. The van der Waals surface area contributed by atoms with Crippen LogP contribution >= 0.6 is 0 Å². The molecule has 2 N–H and O–H groups in total. The van der Waals surface area contributed by atoms with E-state index in [0.717, 1.165) is 18.7 Å². The topological polar surface area (TPSA) is 74.2 Å². The molecule has 5 nitrogen and oxygen atoms in total. The summed E-state index contributed by atoms with van der Waals surface area (Å²) in [5.41, 5.74) is 5.80. The van der Waals surface area contributed by atoms with Gasteiger partial charge in [0.25, 0.3) is 0 Å². The molecule has 88 valence electrons. The van der Waals surface area contributed by atoms with E-state index in [2.05, 4.69) is 17.1 Å². The van der Waals surface area contributed by atoms with Crippen molar-refractivity contribution in [2.75, 3.05) is 13.2 Å². The van der Waals surface area contributed by atoms with Crippen LogP contribution in [0.3, 0.4) is 0 Å². The first kappa shape index (κ1) is 10.2. The van der Waals surface area contributed by atoms with Gasteiger partial charge in [-0.2, -0.15) is 4.98 Å². The first-order valence-corrected chi connectivity index (χ1v) is 5.90. The summed E-state index contributed by atoms with van der Waals surface area (Å²) in [6.45, 7) is 3.55. The molecule has 0 amide bonds. The zero-order valence-electron chi connectivity index (χ0n) is 9.48. The number of hydrogen-bond acceptors (Lipinski definition) is 5. The molecule has 1 aliphatic heterocycles. The van der Waals surface area contributed by atoms with E-state index in [1.807, 2.05) is 0 Å². The lowest BCUT2D eigenvalue weighted by Crippen LogP contribution is -2.42. The van der Waals surface area contributed by atoms with Crippen LogP contribution < -0.4 is 5.73 Å². The molecule has 1 aliphatic carbocycles. The predicted molar refractivity (Wildman–Crippen MR) is 56.7 cm³/mol. The average Bonchev–Trinajstić information content (AvgIpc) is 2.82. The average molecular weight is 223 g/mol. The number of ether oxygens (including phenoxy) is 1. The Balaban J connectivity index is 1.80. The number of nitrogens with zero attached hydrogens (tertiary/aromatic N) is 2. The summed E-state index contributed by atoms with van der Waals surface area (Å²) < 4.78 is 10.6. The summed E-state index contributed by atoms with van der Waals surface area (Å²) >= 11 is 0. The molecule has 1 saturated heterocycles. The van der Waals surface area contributed by atoms with Crippen LogP contribution in [-0.4, -0.2) is 23.4 Å². The summed E-state index contributed by atoms with van der Waals surface area (Å²) in [6, 6.07) is 0. The van der Waals surface area contributed by atoms with Crippen LogP contribution in [0.4, 0.5) is 0 Å². The maximum absolute atomic E-state index is 6.27. The maximum atomic E-state index is 6.27. The standard InChI is InChI=1S/C11H17N3O2/c1-7-6-8(7)9-13-10(16-14-9)11(12)2-4-15-5-3-11/h7-8H,2-6,12H2,1H3. The molecule has 2 fully saturated rings. The molecular weight excluding hydrogens is 206 g/mol. The van der Waals surface area contributed by atoms with Crippen LogP contribution in [0.25, 0.3) is 0 Å². The lowest BCUT2D eigenvalue weighted by Gasteiger charge is -2.29. The van der Waals surface area contributed by atoms with Crippen molar-refractivity contribution >= 4 is 0 Å². The van der Waals surface area contributed by atoms with Gasteiger partial charge in [-0.05, 0) is 25.2 Å². The maximum Gasteiger partial charge on any atom is 0.246 e. The minimum atomic E-state index is -0.471. The molecular formula is C11H17N3O2. The second-order valence-electron chi connectivity index (χ2n) is 5.05. The molecule has 3 rings (SSSR count). The molecule has 0 spiro atoms. The lowest BCUT2D eigenvalue weighted by atomic mass is 9.91. The highest BCUT2D eigenvalue weighted by Gasteiger charge is 2.41. The van der Waals surface area contributed by atoms with Crippen molar-refractivity contribution in [2.45, 2.75) is 37.6 Å². The fourth-order valence-corrected chi connectivity index (χ4v) is 2.22. The van der Waals surface area contributed by atoms with Crippen LogP contribution in [0.15, 0.2) is 4.52 Å². The van der Waals surface area contributed by atoms with Crippen LogP contribution in [0.5, 0.6) is 0 Å². The van der Waals surface area contributed by atoms with E-state index >= 15 is 0 Å². The first-order chi connectivity index (χ1) is 7.69. The molecule has 0 aromatic carbocycles. The molecule has 0 radical (unpaired) electrons. The molecule has 1 aromatic rings. The van der Waals surface area contributed by atoms with Gasteiger partial charge in [-0.15, -0.1) is 0 Å². The molecule has 2 aliphatic rings. The third-order valence-electron chi connectivity index (χ3n) is 3.69. The predicted octanol–water partition coefficient (Wildman–Crippen LogP) is 1.16. The third kappa shape index (κ3) is 1.64. The van der Waals surface area contributed by atoms with Gasteiger partial charge in [-0.1, -0.05) is 12.1 Å². The van der Waals surface area contributed by atoms with E-state index in [4.69, 9.17) is 15.0 Å². The Morgan fingerprint density at radius 3 is 2.69 bits per heavy atom. The highest BCUT2D eigenvalue weighted by Crippen LogP contribution is 2.45. The van der Waals surface area contributed by atoms with Crippen molar-refractivity contribution in [1.82, 2.24) is 10.1 Å². The van der Waals surface area contributed by atoms with E-state index < -0.39 is 5.54 Å². The van der Waals surface area contributed by atoms with Crippen molar-refractivity contribution < 1.29 is 9.26 Å². The summed E-state index contributed by atoms with van der Waals surface area (Å²) in [6.07, 6.45) is 2.68. The zero-order chi connectivity index (χ0) is 11.2. The van der Waals surface area contributed by atoms with Gasteiger partial charge in [0.1, 0.15) is 5.54 Å². The summed E-state index contributed by atoms with van der Waals surface area (Å²) in [5, 5.41) is 4.04. The Labute approximate surface area is 94.3 Å². The van der Waals surface area contributed by atoms with Gasteiger partial charge in [0.05, 0.1) is 0 Å². The highest BCUT2D eigenvalue weighted by molar-refractivity contribution is 5.11. The molecule has 16 heavy (non-hydrogen) atoms. The molecule has 1 aromatic heterocycles. The minimum Gasteiger partial charge on any atom is -0.381 e. The van der Waals surface area contributed by atoms with E-state index in [1.165, 1.54) is 6.42 Å². The van der Waals surface area contributed by atoms with E-state index in [1.54, 1.807) is 0 Å². The van der Waals surface area contributed by atoms with Gasteiger partial charge in [-0.25, -0.2) is 0 Å². The first-order valence-electron chi connectivity index (χ1n) is 5.90. The van der Waals surface area contributed by atoms with Crippen molar-refractivity contribution in [2.24, 2.45) is 11.7 Å². The van der Waals surface area contributed by atoms with Gasteiger partial charge in [0.2, 0.25) is 5.89 Å². The largest absolute Gasteiger partial charge is 0.381 e. The van der Waals surface area contributed by atoms with Gasteiger partial charge in [0, 0.05) is 19.1 Å². The smallest absolute Gasteiger partial charge is 0.246 e. The second-order valence-corrected chi connectivity index (χ2v) is 5.05. The Morgan fingerprint density at radius 2 is 2.06 bits per heavy atom. The van der Waals surface area contributed by atoms with Crippen LogP contribution in [-0.2, 0) is 10.3 Å². The summed E-state index contributed by atoms with van der Waals surface area (Å²) in [5.74, 6) is 2.60. The van der Waals surface area contributed by atoms with Crippen molar-refractivity contribution in [3.63, 3.8) is 0 Å². The number of nitrogens with two attached hydrogens (primary N) is 1. The molecule has 0 bridgehead atoms. The Morgan fingerprint density at radius 1 is 1.38 bits per heavy atom. The quantitative estimate of drug-likeness (QED) is 0.814. The molecule has 5 heteroatoms. The SMILES string of the molecule is CC1CC1c1noc(C2(N)CCOCC2)n1. The second kappa shape index (κ2) is 3.53. The van der Waals surface area contributed by atoms with Gasteiger partial charge in [0.15, 0.2) is 5.82 Å². The number of rotatable bonds is 2. The molecule has 2 unspecified atom stereocenters. The Hall–Kier alpha value is -0.940. The summed E-state index contributed by atoms with van der Waals surface area (Å²) in [7, 11) is 0. The Kier molecular flexibility index (Phi) is 2.26. The molecule has 2 heterocycles. The van der Waals surface area contributed by atoms with Gasteiger partial charge in [-0.3, -0.25) is 0 Å². The Bertz CT molecular complexity index is 384. The van der Waals surface area contributed by atoms with Crippen LogP contribution in [0.2, 0.25) is 0 Å². The number of hydrogen-bond donors (Lipinski definition) is 1. The van der Waals surface area contributed by atoms with Crippen LogP contribution in [0, 0.1) is 5.92 Å². The summed E-state index contributed by atoms with van der Waals surface area (Å²) in [4.78, 5) is 4.46. The fourth-order valence-electron chi connectivity index (χ4n) is 2.22. The normalized spacial score (nSPS) is 32.6. The molecule has 1 saturated carbocycles. The van der Waals surface area contributed by atoms with E-state index in [0.29, 0.717) is 30.9 Å². The monoisotopic (exact) mass is 223 g/mol. The lowest BCUT2D eigenvalue weighted by molar-refractivity contribution is 0.0400. The minimum absolute atomic E-state index is 0.471. The van der Waals surface area contributed by atoms with Crippen molar-refractivity contribution in [3.8, 4) is 0 Å². The number of aromatic nitrogens is 2. The van der Waals surface area contributed by atoms with Crippen molar-refractivity contribution in [1.29, 1.82) is 0 Å². The fraction of sp³-hybridized carbons (Fsp3) is 0.818. The third-order valence-corrected chi connectivity index (χ3v) is 3.69.